The highest BCUT2D eigenvalue weighted by Gasteiger charge is 2.45. The fourth-order valence-electron chi connectivity index (χ4n) is 4.33. The number of nitrogens with zero attached hydrogens (tertiary/aromatic N) is 2. The van der Waals surface area contributed by atoms with Crippen molar-refractivity contribution >= 4 is 31.9 Å². The molecule has 0 saturated carbocycles. The number of rotatable bonds is 5. The molecule has 4 nitrogen and oxygen atoms in total. The maximum Gasteiger partial charge on any atom is 0.490 e. The number of hydrogen-bond donors (Lipinski definition) is 2. The van der Waals surface area contributed by atoms with Crippen LogP contribution in [0.1, 0.15) is 41.5 Å². The molecule has 0 aromatic carbocycles. The van der Waals surface area contributed by atoms with Crippen molar-refractivity contribution in [3.05, 3.63) is 24.5 Å². The maximum absolute atomic E-state index is 9.33. The van der Waals surface area contributed by atoms with E-state index >= 15 is 0 Å². The minimum absolute atomic E-state index is 0.441. The molecule has 120 valence electrons. The fourth-order valence-corrected chi connectivity index (χ4v) is 10.9. The van der Waals surface area contributed by atoms with Gasteiger partial charge in [0.1, 0.15) is 5.65 Å². The highest BCUT2D eigenvalue weighted by atomic mass is 28.3. The average Bonchev–Trinajstić information content (AvgIpc) is 2.81. The lowest BCUT2D eigenvalue weighted by Crippen LogP contribution is -2.51. The minimum atomic E-state index is -1.83. The summed E-state index contributed by atoms with van der Waals surface area (Å²) in [5, 5.41) is 19.6. The summed E-state index contributed by atoms with van der Waals surface area (Å²) < 4.78 is 2.43. The van der Waals surface area contributed by atoms with E-state index in [1.807, 2.05) is 12.1 Å². The lowest BCUT2D eigenvalue weighted by molar-refractivity contribution is 0.425. The number of pyridine rings is 1. The molecule has 0 aliphatic carbocycles. The van der Waals surface area contributed by atoms with Gasteiger partial charge < -0.3 is 14.3 Å². The zero-order chi connectivity index (χ0) is 16.7. The van der Waals surface area contributed by atoms with Crippen LogP contribution in [0, 0.1) is 0 Å². The highest BCUT2D eigenvalue weighted by molar-refractivity contribution is 6.82. The normalized spacial score (nSPS) is 12.9. The first-order chi connectivity index (χ1) is 10.2. The predicted octanol–water partition coefficient (Wildman–Crippen LogP) is 2.74. The Labute approximate surface area is 134 Å². The number of fused-ring (bicyclic) bond motifs is 1. The van der Waals surface area contributed by atoms with Crippen LogP contribution < -0.4 is 5.46 Å². The second kappa shape index (κ2) is 6.18. The average molecular weight is 318 g/mol. The predicted molar refractivity (Wildman–Crippen MR) is 96.0 cm³/mol. The van der Waals surface area contributed by atoms with Gasteiger partial charge in [-0.25, -0.2) is 4.98 Å². The Bertz CT molecular complexity index is 631. The van der Waals surface area contributed by atoms with E-state index in [0.29, 0.717) is 22.1 Å². The minimum Gasteiger partial charge on any atom is -0.423 e. The van der Waals surface area contributed by atoms with Gasteiger partial charge in [-0.05, 0) is 35.0 Å². The second-order valence-corrected chi connectivity index (χ2v) is 12.8. The van der Waals surface area contributed by atoms with Gasteiger partial charge in [-0.3, -0.25) is 0 Å². The van der Waals surface area contributed by atoms with Crippen molar-refractivity contribution in [3.8, 4) is 0 Å². The molecule has 0 atom stereocenters. The van der Waals surface area contributed by atoms with Crippen molar-refractivity contribution in [2.75, 3.05) is 0 Å². The van der Waals surface area contributed by atoms with Crippen molar-refractivity contribution in [3.63, 3.8) is 0 Å². The zero-order valence-corrected chi connectivity index (χ0v) is 15.4. The third-order valence-corrected chi connectivity index (χ3v) is 11.8. The molecule has 2 aromatic rings. The lowest BCUT2D eigenvalue weighted by Gasteiger charge is -2.44. The van der Waals surface area contributed by atoms with Crippen molar-refractivity contribution in [1.29, 1.82) is 0 Å². The topological polar surface area (TPSA) is 58.3 Å². The van der Waals surface area contributed by atoms with Crippen molar-refractivity contribution in [2.24, 2.45) is 0 Å². The van der Waals surface area contributed by atoms with Crippen LogP contribution in [0.2, 0.25) is 16.6 Å². The van der Waals surface area contributed by atoms with E-state index < -0.39 is 15.4 Å². The summed E-state index contributed by atoms with van der Waals surface area (Å²) in [6.07, 6.45) is 3.72. The molecule has 0 saturated heterocycles. The van der Waals surface area contributed by atoms with Gasteiger partial charge >= 0.3 is 7.12 Å². The molecule has 22 heavy (non-hydrogen) atoms. The van der Waals surface area contributed by atoms with E-state index in [4.69, 9.17) is 0 Å². The Morgan fingerprint density at radius 3 is 2.05 bits per heavy atom. The standard InChI is InChI=1S/C16H27BN2O2Si/c1-11(2)22(12(3)4,13(5)6)19-8-7-14-9-15(17(20)21)10-18-16(14)19/h7-13,20-21H,1-6H3. The maximum atomic E-state index is 9.33. The fraction of sp³-hybridized carbons (Fsp3) is 0.562. The van der Waals surface area contributed by atoms with Crippen LogP contribution in [0.4, 0.5) is 0 Å². The Hall–Kier alpha value is -1.11. The van der Waals surface area contributed by atoms with E-state index in [0.717, 1.165) is 11.0 Å². The van der Waals surface area contributed by atoms with Crippen LogP contribution in [0.5, 0.6) is 0 Å². The summed E-state index contributed by atoms with van der Waals surface area (Å²) in [5.41, 5.74) is 3.18. The van der Waals surface area contributed by atoms with Crippen molar-refractivity contribution < 1.29 is 10.0 Å². The van der Waals surface area contributed by atoms with Gasteiger partial charge in [0.15, 0.2) is 8.24 Å². The molecule has 0 bridgehead atoms. The van der Waals surface area contributed by atoms with Crippen LogP contribution in [-0.4, -0.2) is 34.6 Å². The summed E-state index contributed by atoms with van der Waals surface area (Å²) in [6.45, 7) is 13.9. The Morgan fingerprint density at radius 1 is 1.05 bits per heavy atom. The first-order valence-corrected chi connectivity index (χ1v) is 10.2. The van der Waals surface area contributed by atoms with E-state index in [9.17, 15) is 10.0 Å². The molecule has 0 aliphatic heterocycles. The quantitative estimate of drug-likeness (QED) is 0.834. The molecule has 2 heterocycles. The monoisotopic (exact) mass is 318 g/mol. The Balaban J connectivity index is 2.70. The SMILES string of the molecule is CC(C)[Si](C(C)C)(C(C)C)n1ccc2cc(B(O)O)cnc21. The molecular weight excluding hydrogens is 291 g/mol. The molecule has 2 N–H and O–H groups in total. The molecule has 0 amide bonds. The second-order valence-electron chi connectivity index (χ2n) is 7.09. The summed E-state index contributed by atoms with van der Waals surface area (Å²) in [6, 6.07) is 3.87. The summed E-state index contributed by atoms with van der Waals surface area (Å²) in [4.78, 5) is 4.55. The van der Waals surface area contributed by atoms with Crippen molar-refractivity contribution in [2.45, 2.75) is 58.2 Å². The smallest absolute Gasteiger partial charge is 0.423 e. The van der Waals surface area contributed by atoms with Crippen LogP contribution in [0.15, 0.2) is 24.5 Å². The molecule has 0 fully saturated rings. The zero-order valence-electron chi connectivity index (χ0n) is 14.4. The molecule has 2 aromatic heterocycles. The largest absolute Gasteiger partial charge is 0.490 e. The first kappa shape index (κ1) is 17.2. The molecule has 0 unspecified atom stereocenters. The van der Waals surface area contributed by atoms with Gasteiger partial charge in [0.05, 0.1) is 0 Å². The van der Waals surface area contributed by atoms with Gasteiger partial charge in [-0.2, -0.15) is 0 Å². The van der Waals surface area contributed by atoms with Crippen LogP contribution in [0.3, 0.4) is 0 Å². The van der Waals surface area contributed by atoms with E-state index in [2.05, 4.69) is 57.0 Å². The van der Waals surface area contributed by atoms with Gasteiger partial charge in [-0.1, -0.05) is 41.5 Å². The third kappa shape index (κ3) is 2.53. The van der Waals surface area contributed by atoms with Crippen LogP contribution in [-0.2, 0) is 0 Å². The number of hydrogen-bond acceptors (Lipinski definition) is 3. The first-order valence-electron chi connectivity index (χ1n) is 8.06. The van der Waals surface area contributed by atoms with Gasteiger partial charge in [-0.15, -0.1) is 0 Å². The van der Waals surface area contributed by atoms with Crippen molar-refractivity contribution in [1.82, 2.24) is 9.22 Å². The summed E-state index contributed by atoms with van der Waals surface area (Å²) in [7, 11) is -3.30. The molecule has 6 heteroatoms. The molecule has 2 rings (SSSR count). The Morgan fingerprint density at radius 2 is 1.59 bits per heavy atom. The summed E-state index contributed by atoms with van der Waals surface area (Å²) >= 11 is 0. The summed E-state index contributed by atoms with van der Waals surface area (Å²) in [5.74, 6) is 0. The van der Waals surface area contributed by atoms with E-state index in [1.165, 1.54) is 0 Å². The Kier molecular flexibility index (Phi) is 4.85. The highest BCUT2D eigenvalue weighted by Crippen LogP contribution is 2.43. The van der Waals surface area contributed by atoms with Crippen LogP contribution >= 0.6 is 0 Å². The van der Waals surface area contributed by atoms with Gasteiger partial charge in [0.25, 0.3) is 0 Å². The third-order valence-electron chi connectivity index (χ3n) is 5.04. The molecule has 0 spiro atoms. The van der Waals surface area contributed by atoms with E-state index in [1.54, 1.807) is 6.20 Å². The van der Waals surface area contributed by atoms with Crippen LogP contribution in [0.25, 0.3) is 11.0 Å². The van der Waals surface area contributed by atoms with Gasteiger partial charge in [0.2, 0.25) is 0 Å². The molecule has 0 aliphatic rings. The van der Waals surface area contributed by atoms with Gasteiger partial charge in [0, 0.05) is 17.0 Å². The molecule has 0 radical (unpaired) electrons. The molecular formula is C16H27BN2O2Si. The number of aromatic nitrogens is 2. The van der Waals surface area contributed by atoms with E-state index in [-0.39, 0.29) is 0 Å². The lowest BCUT2D eigenvalue weighted by atomic mass is 9.81.